The molecule has 5 nitrogen and oxygen atoms in total. The van der Waals surface area contributed by atoms with Gasteiger partial charge in [-0.15, -0.1) is 0 Å². The molecule has 3 aromatic carbocycles. The number of nitrogens with zero attached hydrogens (tertiary/aromatic N) is 1. The number of hydrogen-bond acceptors (Lipinski definition) is 3. The van der Waals surface area contributed by atoms with Crippen LogP contribution in [-0.2, 0) is 0 Å². The molecule has 0 spiro atoms. The molecule has 28 heavy (non-hydrogen) atoms. The first-order chi connectivity index (χ1) is 13.4. The fourth-order valence-electron chi connectivity index (χ4n) is 2.91. The second-order valence-corrected chi connectivity index (χ2v) is 6.69. The van der Waals surface area contributed by atoms with Gasteiger partial charge in [0.25, 0.3) is 6.01 Å². The number of carboxylic acid groups (broad SMARTS) is 1. The van der Waals surface area contributed by atoms with E-state index in [1.54, 1.807) is 43.3 Å². The van der Waals surface area contributed by atoms with Crippen molar-refractivity contribution in [3.63, 3.8) is 0 Å². The van der Waals surface area contributed by atoms with E-state index < -0.39 is 5.97 Å². The number of carbonyl (C=O) groups is 1. The molecule has 2 N–H and O–H groups in total. The Balaban J connectivity index is 1.69. The third kappa shape index (κ3) is 3.42. The Morgan fingerprint density at radius 2 is 1.89 bits per heavy atom. The molecule has 0 bridgehead atoms. The lowest BCUT2D eigenvalue weighted by molar-refractivity contribution is 0.0695. The van der Waals surface area contributed by atoms with Gasteiger partial charge in [0.05, 0.1) is 21.6 Å². The van der Waals surface area contributed by atoms with Crippen molar-refractivity contribution in [3.8, 4) is 22.9 Å². The lowest BCUT2D eigenvalue weighted by Crippen LogP contribution is -2.00. The van der Waals surface area contributed by atoms with Crippen LogP contribution < -0.4 is 4.74 Å². The summed E-state index contributed by atoms with van der Waals surface area (Å²) >= 11 is 6.37. The van der Waals surface area contributed by atoms with Crippen molar-refractivity contribution in [3.05, 3.63) is 76.6 Å². The Morgan fingerprint density at radius 1 is 1.14 bits per heavy atom. The summed E-state index contributed by atoms with van der Waals surface area (Å²) in [6.07, 6.45) is 0. The maximum Gasteiger partial charge on any atom is 0.336 e. The molecule has 0 saturated heterocycles. The standard InChI is InChI=1S/C21H14ClFN2O3/c1-11-2-7-14(8-15(11)20(26)27)28-21-24-18-9-16(17(22)10-19(18)25-21)12-3-5-13(23)6-4-12/h2-10H,1H3,(H,24,25)(H,26,27). The van der Waals surface area contributed by atoms with E-state index in [0.29, 0.717) is 27.4 Å². The molecule has 0 aliphatic carbocycles. The first-order valence-electron chi connectivity index (χ1n) is 8.38. The third-order valence-corrected chi connectivity index (χ3v) is 4.67. The van der Waals surface area contributed by atoms with E-state index in [1.807, 2.05) is 0 Å². The monoisotopic (exact) mass is 396 g/mol. The van der Waals surface area contributed by atoms with Crippen LogP contribution in [0.5, 0.6) is 11.8 Å². The van der Waals surface area contributed by atoms with E-state index in [0.717, 1.165) is 11.1 Å². The van der Waals surface area contributed by atoms with Crippen molar-refractivity contribution in [2.75, 3.05) is 0 Å². The Hall–Kier alpha value is -3.38. The summed E-state index contributed by atoms with van der Waals surface area (Å²) in [5.41, 5.74) is 3.57. The van der Waals surface area contributed by atoms with Gasteiger partial charge in [-0.3, -0.25) is 0 Å². The van der Waals surface area contributed by atoms with Crippen molar-refractivity contribution in [1.82, 2.24) is 9.97 Å². The number of fused-ring (bicyclic) bond motifs is 1. The molecule has 0 aliphatic rings. The summed E-state index contributed by atoms with van der Waals surface area (Å²) in [7, 11) is 0. The summed E-state index contributed by atoms with van der Waals surface area (Å²) in [6.45, 7) is 1.72. The van der Waals surface area contributed by atoms with Crippen LogP contribution in [0.25, 0.3) is 22.2 Å². The summed E-state index contributed by atoms with van der Waals surface area (Å²) in [5.74, 6) is -0.995. The molecule has 7 heteroatoms. The average molecular weight is 397 g/mol. The number of H-pyrrole nitrogens is 1. The Labute approximate surface area is 164 Å². The van der Waals surface area contributed by atoms with E-state index in [4.69, 9.17) is 16.3 Å². The molecule has 0 fully saturated rings. The number of aryl methyl sites for hydroxylation is 1. The van der Waals surface area contributed by atoms with Gasteiger partial charge in [-0.05, 0) is 54.4 Å². The van der Waals surface area contributed by atoms with Gasteiger partial charge in [0.1, 0.15) is 11.6 Å². The number of benzene rings is 3. The highest BCUT2D eigenvalue weighted by molar-refractivity contribution is 6.34. The zero-order valence-corrected chi connectivity index (χ0v) is 15.4. The van der Waals surface area contributed by atoms with Gasteiger partial charge in [-0.25, -0.2) is 9.18 Å². The maximum atomic E-state index is 13.2. The predicted octanol–water partition coefficient (Wildman–Crippen LogP) is 5.82. The third-order valence-electron chi connectivity index (χ3n) is 4.36. The van der Waals surface area contributed by atoms with E-state index in [-0.39, 0.29) is 17.4 Å². The largest absolute Gasteiger partial charge is 0.478 e. The van der Waals surface area contributed by atoms with E-state index in [1.165, 1.54) is 18.2 Å². The van der Waals surface area contributed by atoms with Gasteiger partial charge < -0.3 is 14.8 Å². The number of carboxylic acids is 1. The smallest absolute Gasteiger partial charge is 0.336 e. The first kappa shape index (κ1) is 18.0. The molecule has 0 atom stereocenters. The molecule has 1 aromatic heterocycles. The highest BCUT2D eigenvalue weighted by Gasteiger charge is 2.13. The minimum atomic E-state index is -1.02. The van der Waals surface area contributed by atoms with Gasteiger partial charge >= 0.3 is 5.97 Å². The number of aromatic carboxylic acids is 1. The number of nitrogens with one attached hydrogen (secondary N) is 1. The van der Waals surface area contributed by atoms with Gasteiger partial charge in [-0.1, -0.05) is 29.8 Å². The fraction of sp³-hybridized carbons (Fsp3) is 0.0476. The number of hydrogen-bond donors (Lipinski definition) is 2. The second-order valence-electron chi connectivity index (χ2n) is 6.28. The van der Waals surface area contributed by atoms with Crippen molar-refractivity contribution >= 4 is 28.6 Å². The van der Waals surface area contributed by atoms with Gasteiger partial charge in [0.2, 0.25) is 0 Å². The molecule has 0 radical (unpaired) electrons. The molecular weight excluding hydrogens is 383 g/mol. The number of aromatic nitrogens is 2. The normalized spacial score (nSPS) is 11.0. The number of rotatable bonds is 4. The van der Waals surface area contributed by atoms with Gasteiger partial charge in [-0.2, -0.15) is 4.98 Å². The molecule has 0 saturated carbocycles. The lowest BCUT2D eigenvalue weighted by atomic mass is 10.1. The van der Waals surface area contributed by atoms with Gasteiger partial charge in [0.15, 0.2) is 0 Å². The summed E-state index contributed by atoms with van der Waals surface area (Å²) in [6, 6.07) is 14.5. The van der Waals surface area contributed by atoms with Crippen molar-refractivity contribution in [1.29, 1.82) is 0 Å². The van der Waals surface area contributed by atoms with Crippen LogP contribution in [0.15, 0.2) is 54.6 Å². The summed E-state index contributed by atoms with van der Waals surface area (Å²) in [5, 5.41) is 9.72. The number of ether oxygens (including phenoxy) is 1. The maximum absolute atomic E-state index is 13.2. The Morgan fingerprint density at radius 3 is 2.61 bits per heavy atom. The van der Waals surface area contributed by atoms with Crippen LogP contribution in [0.1, 0.15) is 15.9 Å². The average Bonchev–Trinajstić information content (AvgIpc) is 3.04. The quantitative estimate of drug-likeness (QED) is 0.455. The fourth-order valence-corrected chi connectivity index (χ4v) is 3.19. The van der Waals surface area contributed by atoms with E-state index >= 15 is 0 Å². The minimum absolute atomic E-state index is 0.162. The molecule has 0 aliphatic heterocycles. The summed E-state index contributed by atoms with van der Waals surface area (Å²) < 4.78 is 18.9. The Kier molecular flexibility index (Phi) is 4.49. The number of imidazole rings is 1. The highest BCUT2D eigenvalue weighted by atomic mass is 35.5. The van der Waals surface area contributed by atoms with Gasteiger partial charge in [0, 0.05) is 5.56 Å². The molecule has 140 valence electrons. The predicted molar refractivity (Wildman–Crippen MR) is 105 cm³/mol. The second kappa shape index (κ2) is 6.98. The van der Waals surface area contributed by atoms with Crippen molar-refractivity contribution in [2.45, 2.75) is 6.92 Å². The van der Waals surface area contributed by atoms with Crippen LogP contribution in [0.3, 0.4) is 0 Å². The molecule has 0 amide bonds. The number of aromatic amines is 1. The van der Waals surface area contributed by atoms with E-state index in [9.17, 15) is 14.3 Å². The van der Waals surface area contributed by atoms with Crippen LogP contribution in [0.4, 0.5) is 4.39 Å². The summed E-state index contributed by atoms with van der Waals surface area (Å²) in [4.78, 5) is 18.7. The van der Waals surface area contributed by atoms with Crippen molar-refractivity contribution < 1.29 is 19.0 Å². The topological polar surface area (TPSA) is 75.2 Å². The molecule has 4 aromatic rings. The lowest BCUT2D eigenvalue weighted by Gasteiger charge is -2.05. The highest BCUT2D eigenvalue weighted by Crippen LogP contribution is 2.33. The van der Waals surface area contributed by atoms with Crippen LogP contribution in [0, 0.1) is 12.7 Å². The number of halogens is 2. The molecular formula is C21H14ClFN2O3. The first-order valence-corrected chi connectivity index (χ1v) is 8.75. The van der Waals surface area contributed by atoms with E-state index in [2.05, 4.69) is 9.97 Å². The van der Waals surface area contributed by atoms with Crippen LogP contribution in [0.2, 0.25) is 5.02 Å². The van der Waals surface area contributed by atoms with Crippen LogP contribution in [-0.4, -0.2) is 21.0 Å². The Bertz CT molecular complexity index is 1200. The van der Waals surface area contributed by atoms with Crippen LogP contribution >= 0.6 is 11.6 Å². The molecule has 4 rings (SSSR count). The zero-order chi connectivity index (χ0) is 19.8. The van der Waals surface area contributed by atoms with Crippen molar-refractivity contribution in [2.24, 2.45) is 0 Å². The molecule has 1 heterocycles. The minimum Gasteiger partial charge on any atom is -0.478 e. The zero-order valence-electron chi connectivity index (χ0n) is 14.7. The molecule has 0 unspecified atom stereocenters. The SMILES string of the molecule is Cc1ccc(Oc2nc3cc(-c4ccc(F)cc4)c(Cl)cc3[nH]2)cc1C(=O)O.